The van der Waals surface area contributed by atoms with E-state index in [0.717, 1.165) is 36.5 Å². The fraction of sp³-hybridized carbons (Fsp3) is 0.458. The molecule has 0 saturated carbocycles. The number of likely N-dealkylation sites (tertiary alicyclic amines) is 1. The summed E-state index contributed by atoms with van der Waals surface area (Å²) in [6.45, 7) is 4.42. The molecule has 2 aromatic carbocycles. The van der Waals surface area contributed by atoms with Crippen LogP contribution in [0.5, 0.6) is 5.75 Å². The van der Waals surface area contributed by atoms with E-state index in [-0.39, 0.29) is 24.3 Å². The van der Waals surface area contributed by atoms with Crippen molar-refractivity contribution in [3.63, 3.8) is 0 Å². The first kappa shape index (κ1) is 22.7. The van der Waals surface area contributed by atoms with Gasteiger partial charge in [0.15, 0.2) is 0 Å². The van der Waals surface area contributed by atoms with Crippen LogP contribution >= 0.6 is 0 Å². The van der Waals surface area contributed by atoms with Gasteiger partial charge in [-0.3, -0.25) is 14.9 Å². The van der Waals surface area contributed by atoms with Crippen LogP contribution in [0.3, 0.4) is 0 Å². The highest BCUT2D eigenvalue weighted by atomic mass is 16.6. The number of hydrogen-bond acceptors (Lipinski definition) is 6. The van der Waals surface area contributed by atoms with Crippen molar-refractivity contribution < 1.29 is 14.5 Å². The van der Waals surface area contributed by atoms with E-state index >= 15 is 0 Å². The summed E-state index contributed by atoms with van der Waals surface area (Å²) in [6, 6.07) is 12.8. The van der Waals surface area contributed by atoms with Crippen LogP contribution in [0.15, 0.2) is 42.5 Å². The molecule has 1 heterocycles. The summed E-state index contributed by atoms with van der Waals surface area (Å²) in [5.41, 5.74) is 2.37. The van der Waals surface area contributed by atoms with E-state index < -0.39 is 4.92 Å². The van der Waals surface area contributed by atoms with Gasteiger partial charge in [-0.25, -0.2) is 0 Å². The van der Waals surface area contributed by atoms with E-state index in [1.54, 1.807) is 6.07 Å². The van der Waals surface area contributed by atoms with Gasteiger partial charge in [0.25, 0.3) is 5.69 Å². The number of nitrogens with one attached hydrogen (secondary N) is 1. The van der Waals surface area contributed by atoms with Crippen molar-refractivity contribution in [2.75, 3.05) is 32.1 Å². The van der Waals surface area contributed by atoms with Gasteiger partial charge in [-0.1, -0.05) is 12.1 Å². The Labute approximate surface area is 183 Å². The summed E-state index contributed by atoms with van der Waals surface area (Å²) in [7, 11) is 2.15. The number of carbonyl (C=O) groups excluding carboxylic acids is 1. The van der Waals surface area contributed by atoms with Gasteiger partial charge >= 0.3 is 0 Å². The number of nitro benzene ring substituents is 1. The molecule has 31 heavy (non-hydrogen) atoms. The lowest BCUT2D eigenvalue weighted by molar-refractivity contribution is -0.384. The molecule has 0 spiro atoms. The summed E-state index contributed by atoms with van der Waals surface area (Å²) in [6.07, 6.45) is 3.87. The van der Waals surface area contributed by atoms with Crippen molar-refractivity contribution in [2.45, 2.75) is 45.1 Å². The number of carbonyl (C=O) groups is 1. The van der Waals surface area contributed by atoms with Gasteiger partial charge in [-0.05, 0) is 69.1 Å². The normalized spacial score (nSPS) is 16.3. The Kier molecular flexibility index (Phi) is 8.00. The molecular weight excluding hydrogens is 394 g/mol. The summed E-state index contributed by atoms with van der Waals surface area (Å²) in [5, 5.41) is 14.6. The minimum absolute atomic E-state index is 0.00458. The molecule has 2 aromatic rings. The average Bonchev–Trinajstić information content (AvgIpc) is 3.15. The molecule has 1 aliphatic rings. The van der Waals surface area contributed by atoms with Gasteiger partial charge in [-0.2, -0.15) is 0 Å². The number of nitro groups is 1. The van der Waals surface area contributed by atoms with Crippen LogP contribution in [0, 0.1) is 10.1 Å². The standard InChI is InChI=1S/C24H31N3O4/c1-3-31-23-9-6-18(7-10-23)15-22(28)17-19-16-21(27(29)30)8-11-24(19)25-13-12-20-5-4-14-26(20)2/h6-11,16,20,25H,3-5,12-15,17H2,1-2H3. The Morgan fingerprint density at radius 1 is 1.23 bits per heavy atom. The third-order valence-corrected chi connectivity index (χ3v) is 5.79. The number of hydrogen-bond donors (Lipinski definition) is 1. The van der Waals surface area contributed by atoms with Crippen molar-refractivity contribution in [3.05, 3.63) is 63.7 Å². The number of ether oxygens (including phenoxy) is 1. The van der Waals surface area contributed by atoms with Crippen LogP contribution in [-0.4, -0.2) is 48.4 Å². The third kappa shape index (κ3) is 6.52. The molecule has 0 aliphatic carbocycles. The number of ketones is 1. The predicted octanol–water partition coefficient (Wildman–Crippen LogP) is 4.24. The lowest BCUT2D eigenvalue weighted by atomic mass is 10.0. The van der Waals surface area contributed by atoms with E-state index in [1.807, 2.05) is 31.2 Å². The lowest BCUT2D eigenvalue weighted by Crippen LogP contribution is -2.27. The molecule has 0 radical (unpaired) electrons. The minimum atomic E-state index is -0.419. The van der Waals surface area contributed by atoms with E-state index in [2.05, 4.69) is 17.3 Å². The Morgan fingerprint density at radius 3 is 2.65 bits per heavy atom. The molecule has 1 saturated heterocycles. The molecule has 166 valence electrons. The van der Waals surface area contributed by atoms with E-state index in [4.69, 9.17) is 4.74 Å². The molecule has 7 nitrogen and oxygen atoms in total. The molecule has 1 N–H and O–H groups in total. The summed E-state index contributed by atoms with van der Waals surface area (Å²) < 4.78 is 5.43. The van der Waals surface area contributed by atoms with Crippen molar-refractivity contribution in [1.82, 2.24) is 4.90 Å². The fourth-order valence-electron chi connectivity index (χ4n) is 4.10. The Hall–Kier alpha value is -2.93. The Morgan fingerprint density at radius 2 is 2.00 bits per heavy atom. The number of rotatable bonds is 11. The van der Waals surface area contributed by atoms with Gasteiger partial charge in [0.2, 0.25) is 0 Å². The molecule has 3 rings (SSSR count). The first-order chi connectivity index (χ1) is 15.0. The van der Waals surface area contributed by atoms with Crippen molar-refractivity contribution >= 4 is 17.2 Å². The number of benzene rings is 2. The lowest BCUT2D eigenvalue weighted by Gasteiger charge is -2.20. The topological polar surface area (TPSA) is 84.7 Å². The smallest absolute Gasteiger partial charge is 0.269 e. The summed E-state index contributed by atoms with van der Waals surface area (Å²) in [5.74, 6) is 0.792. The second kappa shape index (κ2) is 10.9. The quantitative estimate of drug-likeness (QED) is 0.428. The third-order valence-electron chi connectivity index (χ3n) is 5.79. The predicted molar refractivity (Wildman–Crippen MR) is 122 cm³/mol. The molecule has 0 amide bonds. The highest BCUT2D eigenvalue weighted by Gasteiger charge is 2.20. The molecule has 1 aliphatic heterocycles. The Balaban J connectivity index is 1.64. The summed E-state index contributed by atoms with van der Waals surface area (Å²) >= 11 is 0. The zero-order valence-electron chi connectivity index (χ0n) is 18.3. The number of anilines is 1. The molecule has 1 unspecified atom stereocenters. The van der Waals surface area contributed by atoms with Crippen LogP contribution in [0.1, 0.15) is 37.3 Å². The van der Waals surface area contributed by atoms with Crippen LogP contribution in [0.4, 0.5) is 11.4 Å². The monoisotopic (exact) mass is 425 g/mol. The van der Waals surface area contributed by atoms with Gasteiger partial charge in [0.05, 0.1) is 11.5 Å². The van der Waals surface area contributed by atoms with Gasteiger partial charge in [-0.15, -0.1) is 0 Å². The zero-order valence-corrected chi connectivity index (χ0v) is 18.3. The maximum atomic E-state index is 12.7. The zero-order chi connectivity index (χ0) is 22.2. The maximum Gasteiger partial charge on any atom is 0.269 e. The van der Waals surface area contributed by atoms with Crippen molar-refractivity contribution in [2.24, 2.45) is 0 Å². The SMILES string of the molecule is CCOc1ccc(CC(=O)Cc2cc([N+](=O)[O-])ccc2NCCC2CCCN2C)cc1. The van der Waals surface area contributed by atoms with Crippen LogP contribution in [-0.2, 0) is 17.6 Å². The van der Waals surface area contributed by atoms with E-state index in [9.17, 15) is 14.9 Å². The first-order valence-corrected chi connectivity index (χ1v) is 10.9. The number of Topliss-reactive ketones (excluding diaryl/α,β-unsaturated/α-hetero) is 1. The van der Waals surface area contributed by atoms with Gasteiger partial charge < -0.3 is 15.0 Å². The summed E-state index contributed by atoms with van der Waals surface area (Å²) in [4.78, 5) is 25.9. The van der Waals surface area contributed by atoms with Gasteiger partial charge in [0, 0.05) is 43.2 Å². The van der Waals surface area contributed by atoms with Crippen molar-refractivity contribution in [1.29, 1.82) is 0 Å². The van der Waals surface area contributed by atoms with E-state index in [0.29, 0.717) is 18.2 Å². The van der Waals surface area contributed by atoms with Gasteiger partial charge in [0.1, 0.15) is 11.5 Å². The highest BCUT2D eigenvalue weighted by Crippen LogP contribution is 2.25. The largest absolute Gasteiger partial charge is 0.494 e. The molecule has 0 bridgehead atoms. The molecule has 1 fully saturated rings. The molecular formula is C24H31N3O4. The van der Waals surface area contributed by atoms with Crippen LogP contribution in [0.2, 0.25) is 0 Å². The van der Waals surface area contributed by atoms with Crippen LogP contribution in [0.25, 0.3) is 0 Å². The number of non-ortho nitro benzene ring substituents is 1. The molecule has 1 atom stereocenters. The highest BCUT2D eigenvalue weighted by molar-refractivity contribution is 5.85. The second-order valence-corrected chi connectivity index (χ2v) is 8.06. The van der Waals surface area contributed by atoms with Crippen molar-refractivity contribution in [3.8, 4) is 5.75 Å². The van der Waals surface area contributed by atoms with Crippen LogP contribution < -0.4 is 10.1 Å². The first-order valence-electron chi connectivity index (χ1n) is 10.9. The Bertz CT molecular complexity index is 898. The maximum absolute atomic E-state index is 12.7. The number of nitrogens with zero attached hydrogens (tertiary/aromatic N) is 2. The average molecular weight is 426 g/mol. The van der Waals surface area contributed by atoms with E-state index in [1.165, 1.54) is 25.0 Å². The molecule has 7 heteroatoms. The second-order valence-electron chi connectivity index (χ2n) is 8.06. The fourth-order valence-corrected chi connectivity index (χ4v) is 4.10. The molecule has 0 aromatic heterocycles. The minimum Gasteiger partial charge on any atom is -0.494 e.